The number of hydrogen-bond acceptors (Lipinski definition) is 3. The van der Waals surface area contributed by atoms with Crippen molar-refractivity contribution in [1.82, 2.24) is 10.2 Å². The number of ether oxygens (including phenoxy) is 1. The van der Waals surface area contributed by atoms with Gasteiger partial charge in [-0.2, -0.15) is 13.2 Å². The molecule has 3 nitrogen and oxygen atoms in total. The SMILES string of the molecule is CN(C)C1(CNCCCOCC(F)(F)F)CCCC1. The van der Waals surface area contributed by atoms with Gasteiger partial charge >= 0.3 is 6.18 Å². The first kappa shape index (κ1) is 16.7. The fraction of sp³-hybridized carbons (Fsp3) is 1.00. The molecule has 0 unspecified atom stereocenters. The van der Waals surface area contributed by atoms with Crippen LogP contribution in [0.2, 0.25) is 0 Å². The Balaban J connectivity index is 2.07. The zero-order valence-corrected chi connectivity index (χ0v) is 11.9. The Hall–Kier alpha value is -0.330. The summed E-state index contributed by atoms with van der Waals surface area (Å²) in [5, 5.41) is 3.34. The molecule has 0 spiro atoms. The lowest BCUT2D eigenvalue weighted by Gasteiger charge is -2.36. The highest BCUT2D eigenvalue weighted by atomic mass is 19.4. The molecule has 0 heterocycles. The Labute approximate surface area is 113 Å². The first-order chi connectivity index (χ1) is 8.86. The summed E-state index contributed by atoms with van der Waals surface area (Å²) in [7, 11) is 4.19. The van der Waals surface area contributed by atoms with Crippen LogP contribution >= 0.6 is 0 Å². The minimum atomic E-state index is -4.22. The molecule has 1 rings (SSSR count). The quantitative estimate of drug-likeness (QED) is 0.692. The summed E-state index contributed by atoms with van der Waals surface area (Å²) in [5.41, 5.74) is 0.229. The topological polar surface area (TPSA) is 24.5 Å². The minimum absolute atomic E-state index is 0.154. The van der Waals surface area contributed by atoms with Crippen molar-refractivity contribution >= 4 is 0 Å². The molecule has 0 atom stereocenters. The third-order valence-electron chi connectivity index (χ3n) is 3.84. The standard InChI is InChI=1S/C13H25F3N2O/c1-18(2)12(6-3-4-7-12)10-17-8-5-9-19-11-13(14,15)16/h17H,3-11H2,1-2H3. The first-order valence-corrected chi connectivity index (χ1v) is 6.88. The molecule has 0 radical (unpaired) electrons. The molecule has 0 aromatic heterocycles. The van der Waals surface area contributed by atoms with Crippen molar-refractivity contribution in [3.05, 3.63) is 0 Å². The van der Waals surface area contributed by atoms with Crippen molar-refractivity contribution in [3.63, 3.8) is 0 Å². The van der Waals surface area contributed by atoms with E-state index in [2.05, 4.69) is 29.0 Å². The summed E-state index contributed by atoms with van der Waals surface area (Å²) in [6, 6.07) is 0. The van der Waals surface area contributed by atoms with Crippen molar-refractivity contribution in [2.24, 2.45) is 0 Å². The highest BCUT2D eigenvalue weighted by Gasteiger charge is 2.35. The van der Waals surface area contributed by atoms with Crippen LogP contribution in [-0.2, 0) is 4.74 Å². The molecule has 1 aliphatic carbocycles. The Morgan fingerprint density at radius 3 is 2.37 bits per heavy atom. The van der Waals surface area contributed by atoms with Crippen molar-refractivity contribution in [1.29, 1.82) is 0 Å². The zero-order valence-electron chi connectivity index (χ0n) is 11.9. The second-order valence-electron chi connectivity index (χ2n) is 5.52. The van der Waals surface area contributed by atoms with Crippen molar-refractivity contribution in [3.8, 4) is 0 Å². The van der Waals surface area contributed by atoms with E-state index in [0.29, 0.717) is 13.0 Å². The van der Waals surface area contributed by atoms with Crippen molar-refractivity contribution in [2.45, 2.75) is 43.8 Å². The molecule has 1 fully saturated rings. The van der Waals surface area contributed by atoms with E-state index in [1.807, 2.05) is 0 Å². The summed E-state index contributed by atoms with van der Waals surface area (Å²) in [6.07, 6.45) is 1.30. The molecule has 1 aliphatic rings. The molecule has 1 saturated carbocycles. The molecule has 0 aromatic carbocycles. The van der Waals surface area contributed by atoms with Gasteiger partial charge in [0.25, 0.3) is 0 Å². The van der Waals surface area contributed by atoms with Crippen molar-refractivity contribution in [2.75, 3.05) is 40.4 Å². The molecule has 0 bridgehead atoms. The van der Waals surface area contributed by atoms with E-state index in [0.717, 1.165) is 6.54 Å². The maximum absolute atomic E-state index is 11.8. The summed E-state index contributed by atoms with van der Waals surface area (Å²) in [4.78, 5) is 2.27. The van der Waals surface area contributed by atoms with Gasteiger partial charge in [0.15, 0.2) is 0 Å². The van der Waals surface area contributed by atoms with Gasteiger partial charge in [0, 0.05) is 18.7 Å². The van der Waals surface area contributed by atoms with E-state index in [1.165, 1.54) is 25.7 Å². The Morgan fingerprint density at radius 2 is 1.84 bits per heavy atom. The van der Waals surface area contributed by atoms with Gasteiger partial charge in [-0.25, -0.2) is 0 Å². The highest BCUT2D eigenvalue weighted by molar-refractivity contribution is 4.94. The second-order valence-corrected chi connectivity index (χ2v) is 5.52. The van der Waals surface area contributed by atoms with Gasteiger partial charge in [-0.3, -0.25) is 0 Å². The van der Waals surface area contributed by atoms with Gasteiger partial charge in [-0.05, 0) is 39.9 Å². The molecular weight excluding hydrogens is 257 g/mol. The van der Waals surface area contributed by atoms with Crippen LogP contribution in [-0.4, -0.2) is 57.0 Å². The predicted molar refractivity (Wildman–Crippen MR) is 69.2 cm³/mol. The largest absolute Gasteiger partial charge is 0.411 e. The summed E-state index contributed by atoms with van der Waals surface area (Å²) in [5.74, 6) is 0. The van der Waals surface area contributed by atoms with E-state index >= 15 is 0 Å². The second kappa shape index (κ2) is 7.45. The Kier molecular flexibility index (Phi) is 6.56. The fourth-order valence-electron chi connectivity index (χ4n) is 2.62. The maximum Gasteiger partial charge on any atom is 0.411 e. The number of alkyl halides is 3. The predicted octanol–water partition coefficient (Wildman–Crippen LogP) is 2.42. The van der Waals surface area contributed by atoms with Crippen LogP contribution in [0.5, 0.6) is 0 Å². The molecule has 6 heteroatoms. The van der Waals surface area contributed by atoms with E-state index in [-0.39, 0.29) is 12.1 Å². The molecule has 0 saturated heterocycles. The lowest BCUT2D eigenvalue weighted by molar-refractivity contribution is -0.173. The van der Waals surface area contributed by atoms with Gasteiger partial charge in [0.1, 0.15) is 6.61 Å². The number of nitrogens with zero attached hydrogens (tertiary/aromatic N) is 1. The average Bonchev–Trinajstić information content (AvgIpc) is 2.76. The maximum atomic E-state index is 11.8. The highest BCUT2D eigenvalue weighted by Crippen LogP contribution is 2.32. The number of rotatable bonds is 8. The monoisotopic (exact) mass is 282 g/mol. The van der Waals surface area contributed by atoms with Gasteiger partial charge in [-0.1, -0.05) is 12.8 Å². The lowest BCUT2D eigenvalue weighted by atomic mass is 9.96. The smallest absolute Gasteiger partial charge is 0.372 e. The van der Waals surface area contributed by atoms with Crippen LogP contribution in [0, 0.1) is 0 Å². The molecule has 19 heavy (non-hydrogen) atoms. The lowest BCUT2D eigenvalue weighted by Crippen LogP contribution is -2.49. The number of hydrogen-bond donors (Lipinski definition) is 1. The number of likely N-dealkylation sites (N-methyl/N-ethyl adjacent to an activating group) is 1. The van der Waals surface area contributed by atoms with E-state index in [1.54, 1.807) is 0 Å². The fourth-order valence-corrected chi connectivity index (χ4v) is 2.62. The van der Waals surface area contributed by atoms with Crippen LogP contribution in [0.3, 0.4) is 0 Å². The normalized spacial score (nSPS) is 19.3. The van der Waals surface area contributed by atoms with E-state index < -0.39 is 12.8 Å². The van der Waals surface area contributed by atoms with Crippen molar-refractivity contribution < 1.29 is 17.9 Å². The Bertz CT molecular complexity index is 251. The van der Waals surface area contributed by atoms with Gasteiger partial charge in [0.05, 0.1) is 0 Å². The minimum Gasteiger partial charge on any atom is -0.372 e. The van der Waals surface area contributed by atoms with Gasteiger partial charge in [0.2, 0.25) is 0 Å². The molecule has 0 aromatic rings. The summed E-state index contributed by atoms with van der Waals surface area (Å²) >= 11 is 0. The number of halogens is 3. The molecule has 1 N–H and O–H groups in total. The molecule has 0 amide bonds. The van der Waals surface area contributed by atoms with E-state index in [4.69, 9.17) is 0 Å². The van der Waals surface area contributed by atoms with Crippen LogP contribution in [0.25, 0.3) is 0 Å². The van der Waals surface area contributed by atoms with Crippen LogP contribution in [0.1, 0.15) is 32.1 Å². The van der Waals surface area contributed by atoms with Crippen LogP contribution < -0.4 is 5.32 Å². The zero-order chi connectivity index (χ0) is 14.4. The molecule has 0 aliphatic heterocycles. The van der Waals surface area contributed by atoms with Gasteiger partial charge < -0.3 is 15.0 Å². The molecule has 114 valence electrons. The van der Waals surface area contributed by atoms with Crippen LogP contribution in [0.4, 0.5) is 13.2 Å². The van der Waals surface area contributed by atoms with E-state index in [9.17, 15) is 13.2 Å². The Morgan fingerprint density at radius 1 is 1.21 bits per heavy atom. The van der Waals surface area contributed by atoms with Gasteiger partial charge in [-0.15, -0.1) is 0 Å². The average molecular weight is 282 g/mol. The first-order valence-electron chi connectivity index (χ1n) is 6.88. The number of nitrogens with one attached hydrogen (secondary N) is 1. The third kappa shape index (κ3) is 6.10. The third-order valence-corrected chi connectivity index (χ3v) is 3.84. The summed E-state index contributed by atoms with van der Waals surface area (Å²) in [6.45, 7) is 0.614. The van der Waals surface area contributed by atoms with Crippen LogP contribution in [0.15, 0.2) is 0 Å². The summed E-state index contributed by atoms with van der Waals surface area (Å²) < 4.78 is 40.1. The molecular formula is C13H25F3N2O.